The Balaban J connectivity index is 1.80. The second-order valence-electron chi connectivity index (χ2n) is 4.58. The van der Waals surface area contributed by atoms with Gasteiger partial charge in [0.15, 0.2) is 0 Å². The Kier molecular flexibility index (Phi) is 4.26. The van der Waals surface area contributed by atoms with Crippen molar-refractivity contribution in [1.29, 1.82) is 0 Å². The maximum absolute atomic E-state index is 5.61. The molecule has 14 heavy (non-hydrogen) atoms. The molecule has 1 heterocycles. The number of hydrogen-bond donors (Lipinski definition) is 0. The van der Waals surface area contributed by atoms with Crippen LogP contribution in [-0.2, 0) is 9.47 Å². The summed E-state index contributed by atoms with van der Waals surface area (Å²) in [5.74, 6) is 0. The quantitative estimate of drug-likeness (QED) is 0.595. The first-order chi connectivity index (χ1) is 6.97. The fourth-order valence-corrected chi connectivity index (χ4v) is 2.54. The molecule has 2 nitrogen and oxygen atoms in total. The zero-order valence-electron chi connectivity index (χ0n) is 9.04. The predicted octanol–water partition coefficient (Wildman–Crippen LogP) is 3.25. The Hall–Kier alpha value is -0.0800. The molecule has 0 unspecified atom stereocenters. The Morgan fingerprint density at radius 1 is 0.571 bits per heavy atom. The second-order valence-corrected chi connectivity index (χ2v) is 4.58. The molecule has 1 aliphatic carbocycles. The van der Waals surface area contributed by atoms with E-state index < -0.39 is 0 Å². The highest BCUT2D eigenvalue weighted by molar-refractivity contribution is 4.74. The van der Waals surface area contributed by atoms with E-state index in [0.29, 0.717) is 19.0 Å². The van der Waals surface area contributed by atoms with Gasteiger partial charge in [-0.05, 0) is 12.8 Å². The molecule has 2 rings (SSSR count). The zero-order valence-corrected chi connectivity index (χ0v) is 9.04. The molecule has 0 aromatic heterocycles. The third kappa shape index (κ3) is 2.96. The van der Waals surface area contributed by atoms with Crippen LogP contribution in [0.2, 0.25) is 0 Å². The monoisotopic (exact) mass is 198 g/mol. The van der Waals surface area contributed by atoms with Crippen LogP contribution in [0.4, 0.5) is 0 Å². The number of hydrogen-bond acceptors (Lipinski definition) is 2. The summed E-state index contributed by atoms with van der Waals surface area (Å²) in [5.41, 5.74) is 0. The maximum Gasteiger partial charge on any atom is 0.147 e. The topological polar surface area (TPSA) is 18.5 Å². The molecule has 82 valence electrons. The lowest BCUT2D eigenvalue weighted by Crippen LogP contribution is -2.22. The molecule has 1 saturated carbocycles. The van der Waals surface area contributed by atoms with Crippen molar-refractivity contribution in [3.05, 3.63) is 0 Å². The molecular weight excluding hydrogens is 176 g/mol. The van der Waals surface area contributed by atoms with Crippen molar-refractivity contribution in [3.63, 3.8) is 0 Å². The van der Waals surface area contributed by atoms with Gasteiger partial charge in [-0.3, -0.25) is 0 Å². The minimum Gasteiger partial charge on any atom is -0.349 e. The van der Waals surface area contributed by atoms with Crippen LogP contribution in [0.1, 0.15) is 57.8 Å². The van der Waals surface area contributed by atoms with Gasteiger partial charge >= 0.3 is 0 Å². The van der Waals surface area contributed by atoms with Crippen LogP contribution in [0.25, 0.3) is 0 Å². The van der Waals surface area contributed by atoms with E-state index in [9.17, 15) is 0 Å². The minimum atomic E-state index is 0.410. The van der Waals surface area contributed by atoms with Crippen molar-refractivity contribution in [2.24, 2.45) is 0 Å². The van der Waals surface area contributed by atoms with Crippen LogP contribution in [0.15, 0.2) is 0 Å². The first-order valence-electron chi connectivity index (χ1n) is 6.20. The lowest BCUT2D eigenvalue weighted by Gasteiger charge is -2.15. The van der Waals surface area contributed by atoms with Crippen molar-refractivity contribution in [3.8, 4) is 0 Å². The molecule has 0 aromatic carbocycles. The van der Waals surface area contributed by atoms with Crippen LogP contribution in [-0.4, -0.2) is 19.0 Å². The molecule has 0 radical (unpaired) electrons. The summed E-state index contributed by atoms with van der Waals surface area (Å²) in [6.45, 7) is 0.537. The number of fused-ring (bicyclic) bond motifs is 1. The normalized spacial score (nSPS) is 36.0. The van der Waals surface area contributed by atoms with Gasteiger partial charge in [0.2, 0.25) is 0 Å². The molecule has 1 aliphatic heterocycles. The Morgan fingerprint density at radius 2 is 1.00 bits per heavy atom. The van der Waals surface area contributed by atoms with E-state index in [1.165, 1.54) is 57.8 Å². The average molecular weight is 198 g/mol. The summed E-state index contributed by atoms with van der Waals surface area (Å²) < 4.78 is 11.2. The molecule has 2 fully saturated rings. The molecular formula is C12H22O2. The van der Waals surface area contributed by atoms with Gasteiger partial charge in [-0.2, -0.15) is 0 Å². The summed E-state index contributed by atoms with van der Waals surface area (Å²) >= 11 is 0. The summed E-state index contributed by atoms with van der Waals surface area (Å²) in [7, 11) is 0. The van der Waals surface area contributed by atoms with Crippen molar-refractivity contribution < 1.29 is 9.47 Å². The fourth-order valence-electron chi connectivity index (χ4n) is 2.54. The molecule has 0 bridgehead atoms. The summed E-state index contributed by atoms with van der Waals surface area (Å²) in [5, 5.41) is 0. The van der Waals surface area contributed by atoms with E-state index in [0.717, 1.165) is 0 Å². The van der Waals surface area contributed by atoms with Gasteiger partial charge in [0.25, 0.3) is 0 Å². The lowest BCUT2D eigenvalue weighted by molar-refractivity contribution is 0.0358. The standard InChI is InChI=1S/C12H22O2/c1-2-4-6-8-11-12(14-10-13-11)9-7-5-3-1/h11-12H,1-10H2/t11-,12+. The van der Waals surface area contributed by atoms with E-state index in [2.05, 4.69) is 0 Å². The highest BCUT2D eigenvalue weighted by Crippen LogP contribution is 2.25. The van der Waals surface area contributed by atoms with E-state index in [4.69, 9.17) is 9.47 Å². The Bertz CT molecular complexity index is 142. The molecule has 0 aromatic rings. The third-order valence-corrected chi connectivity index (χ3v) is 3.46. The van der Waals surface area contributed by atoms with Crippen LogP contribution >= 0.6 is 0 Å². The van der Waals surface area contributed by atoms with Crippen LogP contribution in [0, 0.1) is 0 Å². The second kappa shape index (κ2) is 5.72. The van der Waals surface area contributed by atoms with Gasteiger partial charge in [0.05, 0.1) is 12.2 Å². The third-order valence-electron chi connectivity index (χ3n) is 3.46. The van der Waals surface area contributed by atoms with Gasteiger partial charge in [-0.25, -0.2) is 0 Å². The van der Waals surface area contributed by atoms with Gasteiger partial charge in [-0.15, -0.1) is 0 Å². The van der Waals surface area contributed by atoms with Crippen LogP contribution in [0.3, 0.4) is 0 Å². The van der Waals surface area contributed by atoms with E-state index in [-0.39, 0.29) is 0 Å². The first kappa shape index (κ1) is 10.4. The van der Waals surface area contributed by atoms with Crippen molar-refractivity contribution in [1.82, 2.24) is 0 Å². The molecule has 2 atom stereocenters. The van der Waals surface area contributed by atoms with Crippen molar-refractivity contribution in [2.45, 2.75) is 70.0 Å². The molecule has 0 N–H and O–H groups in total. The van der Waals surface area contributed by atoms with E-state index >= 15 is 0 Å². The molecule has 1 saturated heterocycles. The van der Waals surface area contributed by atoms with Gasteiger partial charge in [-0.1, -0.05) is 44.9 Å². The lowest BCUT2D eigenvalue weighted by atomic mass is 10.0. The minimum absolute atomic E-state index is 0.410. The highest BCUT2D eigenvalue weighted by atomic mass is 16.7. The van der Waals surface area contributed by atoms with E-state index in [1.807, 2.05) is 0 Å². The van der Waals surface area contributed by atoms with Crippen molar-refractivity contribution >= 4 is 0 Å². The predicted molar refractivity (Wildman–Crippen MR) is 56.2 cm³/mol. The zero-order chi connectivity index (χ0) is 9.64. The summed E-state index contributed by atoms with van der Waals surface area (Å²) in [6.07, 6.45) is 12.9. The average Bonchev–Trinajstić information content (AvgIpc) is 2.61. The summed E-state index contributed by atoms with van der Waals surface area (Å²) in [4.78, 5) is 0. The fraction of sp³-hybridized carbons (Fsp3) is 1.00. The highest BCUT2D eigenvalue weighted by Gasteiger charge is 2.28. The van der Waals surface area contributed by atoms with Crippen LogP contribution in [0.5, 0.6) is 0 Å². The van der Waals surface area contributed by atoms with E-state index in [1.54, 1.807) is 0 Å². The SMILES string of the molecule is C1CCCC[C@@H]2OCO[C@@H]2CCCC1. The maximum atomic E-state index is 5.61. The van der Waals surface area contributed by atoms with Crippen LogP contribution < -0.4 is 0 Å². The molecule has 0 amide bonds. The summed E-state index contributed by atoms with van der Waals surface area (Å²) in [6, 6.07) is 0. The Morgan fingerprint density at radius 3 is 1.50 bits per heavy atom. The Labute approximate surface area is 87.0 Å². The largest absolute Gasteiger partial charge is 0.349 e. The number of rotatable bonds is 0. The van der Waals surface area contributed by atoms with Crippen molar-refractivity contribution in [2.75, 3.05) is 6.79 Å². The first-order valence-corrected chi connectivity index (χ1v) is 6.20. The van der Waals surface area contributed by atoms with Gasteiger partial charge < -0.3 is 9.47 Å². The van der Waals surface area contributed by atoms with Gasteiger partial charge in [0.1, 0.15) is 6.79 Å². The smallest absolute Gasteiger partial charge is 0.147 e. The molecule has 2 heteroatoms. The molecule has 0 spiro atoms. The number of ether oxygens (including phenoxy) is 2. The van der Waals surface area contributed by atoms with Gasteiger partial charge in [0, 0.05) is 0 Å². The molecule has 2 aliphatic rings.